The molecule has 102 valence electrons. The number of ether oxygens (including phenoxy) is 3. The molecule has 0 aliphatic heterocycles. The molecule has 1 rings (SSSR count). The van der Waals surface area contributed by atoms with Crippen LogP contribution in [-0.2, 0) is 4.74 Å². The van der Waals surface area contributed by atoms with Crippen molar-refractivity contribution in [3.05, 3.63) is 22.7 Å². The SMILES string of the molecule is COCCOc1ccc(Br)cc1OCC(F)(F)F. The molecule has 0 radical (unpaired) electrons. The van der Waals surface area contributed by atoms with Crippen LogP contribution in [0.5, 0.6) is 11.5 Å². The van der Waals surface area contributed by atoms with Crippen molar-refractivity contribution in [1.82, 2.24) is 0 Å². The van der Waals surface area contributed by atoms with Crippen LogP contribution in [0.1, 0.15) is 0 Å². The lowest BCUT2D eigenvalue weighted by Gasteiger charge is -2.14. The maximum absolute atomic E-state index is 12.1. The lowest BCUT2D eigenvalue weighted by molar-refractivity contribution is -0.153. The molecule has 0 spiro atoms. The van der Waals surface area contributed by atoms with Gasteiger partial charge in [-0.2, -0.15) is 13.2 Å². The van der Waals surface area contributed by atoms with Crippen LogP contribution >= 0.6 is 15.9 Å². The van der Waals surface area contributed by atoms with Gasteiger partial charge < -0.3 is 14.2 Å². The standard InChI is InChI=1S/C11H12BrF3O3/c1-16-4-5-17-9-3-2-8(12)6-10(9)18-7-11(13,14)15/h2-3,6H,4-5,7H2,1H3. The minimum Gasteiger partial charge on any atom is -0.487 e. The number of methoxy groups -OCH3 is 1. The van der Waals surface area contributed by atoms with Gasteiger partial charge in [0.05, 0.1) is 6.61 Å². The van der Waals surface area contributed by atoms with Crippen LogP contribution in [0.4, 0.5) is 13.2 Å². The summed E-state index contributed by atoms with van der Waals surface area (Å²) in [6.07, 6.45) is -4.38. The summed E-state index contributed by atoms with van der Waals surface area (Å²) in [7, 11) is 1.51. The van der Waals surface area contributed by atoms with Crippen LogP contribution in [-0.4, -0.2) is 33.1 Å². The Bertz CT molecular complexity index is 382. The number of alkyl halides is 3. The second-order valence-electron chi connectivity index (χ2n) is 3.34. The first-order chi connectivity index (χ1) is 8.42. The highest BCUT2D eigenvalue weighted by Gasteiger charge is 2.29. The van der Waals surface area contributed by atoms with Crippen molar-refractivity contribution < 1.29 is 27.4 Å². The summed E-state index contributed by atoms with van der Waals surface area (Å²) in [4.78, 5) is 0. The molecule has 0 unspecified atom stereocenters. The van der Waals surface area contributed by atoms with Crippen molar-refractivity contribution in [3.63, 3.8) is 0 Å². The number of halogens is 4. The maximum Gasteiger partial charge on any atom is 0.422 e. The van der Waals surface area contributed by atoms with Crippen LogP contribution in [0.15, 0.2) is 22.7 Å². The largest absolute Gasteiger partial charge is 0.487 e. The summed E-state index contributed by atoms with van der Waals surface area (Å²) in [6, 6.07) is 4.61. The van der Waals surface area contributed by atoms with E-state index in [0.717, 1.165) is 0 Å². The highest BCUT2D eigenvalue weighted by Crippen LogP contribution is 2.31. The van der Waals surface area contributed by atoms with Gasteiger partial charge in [-0.3, -0.25) is 0 Å². The van der Waals surface area contributed by atoms with E-state index < -0.39 is 12.8 Å². The van der Waals surface area contributed by atoms with E-state index in [2.05, 4.69) is 15.9 Å². The van der Waals surface area contributed by atoms with Crippen molar-refractivity contribution in [2.24, 2.45) is 0 Å². The minimum absolute atomic E-state index is 0.0396. The zero-order valence-electron chi connectivity index (χ0n) is 9.59. The van der Waals surface area contributed by atoms with E-state index in [4.69, 9.17) is 14.2 Å². The molecule has 7 heteroatoms. The monoisotopic (exact) mass is 328 g/mol. The first kappa shape index (κ1) is 15.1. The molecule has 0 saturated heterocycles. The van der Waals surface area contributed by atoms with Crippen molar-refractivity contribution in [2.75, 3.05) is 26.9 Å². The Balaban J connectivity index is 2.70. The third-order valence-corrected chi connectivity index (χ3v) is 2.34. The molecule has 0 aliphatic carbocycles. The highest BCUT2D eigenvalue weighted by atomic mass is 79.9. The van der Waals surface area contributed by atoms with Gasteiger partial charge in [0.2, 0.25) is 0 Å². The smallest absolute Gasteiger partial charge is 0.422 e. The zero-order valence-corrected chi connectivity index (χ0v) is 11.2. The summed E-state index contributed by atoms with van der Waals surface area (Å²) in [5, 5.41) is 0. The predicted molar refractivity (Wildman–Crippen MR) is 63.1 cm³/mol. The van der Waals surface area contributed by atoms with Crippen LogP contribution in [0.3, 0.4) is 0 Å². The number of hydrogen-bond donors (Lipinski definition) is 0. The Labute approximate surface area is 111 Å². The topological polar surface area (TPSA) is 27.7 Å². The lowest BCUT2D eigenvalue weighted by atomic mass is 10.3. The Hall–Kier alpha value is -0.950. The highest BCUT2D eigenvalue weighted by molar-refractivity contribution is 9.10. The molecule has 1 aromatic rings. The van der Waals surface area contributed by atoms with Gasteiger partial charge in [0.15, 0.2) is 18.1 Å². The van der Waals surface area contributed by atoms with Crippen molar-refractivity contribution in [1.29, 1.82) is 0 Å². The fraction of sp³-hybridized carbons (Fsp3) is 0.455. The van der Waals surface area contributed by atoms with Crippen LogP contribution in [0.2, 0.25) is 0 Å². The van der Waals surface area contributed by atoms with Crippen LogP contribution in [0, 0.1) is 0 Å². The molecule has 3 nitrogen and oxygen atoms in total. The van der Waals surface area contributed by atoms with Crippen LogP contribution in [0.25, 0.3) is 0 Å². The van der Waals surface area contributed by atoms with E-state index in [1.54, 1.807) is 6.07 Å². The second-order valence-corrected chi connectivity index (χ2v) is 4.25. The molecule has 1 aromatic carbocycles. The third-order valence-electron chi connectivity index (χ3n) is 1.84. The Morgan fingerprint density at radius 2 is 1.83 bits per heavy atom. The summed E-state index contributed by atoms with van der Waals surface area (Å²) in [6.45, 7) is -0.778. The number of hydrogen-bond acceptors (Lipinski definition) is 3. The Kier molecular flexibility index (Phi) is 5.74. The van der Waals surface area contributed by atoms with Crippen molar-refractivity contribution in [2.45, 2.75) is 6.18 Å². The fourth-order valence-corrected chi connectivity index (χ4v) is 1.45. The van der Waals surface area contributed by atoms with Gasteiger partial charge in [0, 0.05) is 11.6 Å². The maximum atomic E-state index is 12.1. The number of benzene rings is 1. The Morgan fingerprint density at radius 3 is 2.44 bits per heavy atom. The molecule has 0 heterocycles. The normalized spacial score (nSPS) is 11.4. The average Bonchev–Trinajstić information content (AvgIpc) is 2.28. The minimum atomic E-state index is -4.38. The van der Waals surface area contributed by atoms with E-state index >= 15 is 0 Å². The molecule has 0 bridgehead atoms. The van der Waals surface area contributed by atoms with Gasteiger partial charge in [-0.1, -0.05) is 15.9 Å². The van der Waals surface area contributed by atoms with E-state index in [1.165, 1.54) is 19.2 Å². The van der Waals surface area contributed by atoms with E-state index in [0.29, 0.717) is 11.1 Å². The summed E-state index contributed by atoms with van der Waals surface area (Å²) < 4.78 is 51.6. The van der Waals surface area contributed by atoms with Gasteiger partial charge in [-0.15, -0.1) is 0 Å². The molecule has 0 atom stereocenters. The van der Waals surface area contributed by atoms with E-state index in [-0.39, 0.29) is 18.1 Å². The quantitative estimate of drug-likeness (QED) is 0.749. The molecule has 0 fully saturated rings. The third kappa shape index (κ3) is 5.59. The zero-order chi connectivity index (χ0) is 13.6. The molecular weight excluding hydrogens is 317 g/mol. The molecule has 0 aliphatic rings. The lowest BCUT2D eigenvalue weighted by Crippen LogP contribution is -2.19. The summed E-state index contributed by atoms with van der Waals surface area (Å²) in [5.41, 5.74) is 0. The van der Waals surface area contributed by atoms with Gasteiger partial charge in [0.1, 0.15) is 6.61 Å². The predicted octanol–water partition coefficient (Wildman–Crippen LogP) is 3.42. The van der Waals surface area contributed by atoms with E-state index in [1.807, 2.05) is 0 Å². The van der Waals surface area contributed by atoms with Crippen molar-refractivity contribution >= 4 is 15.9 Å². The molecule has 18 heavy (non-hydrogen) atoms. The Morgan fingerprint density at radius 1 is 1.11 bits per heavy atom. The molecule has 0 N–H and O–H groups in total. The van der Waals surface area contributed by atoms with E-state index in [9.17, 15) is 13.2 Å². The van der Waals surface area contributed by atoms with Gasteiger partial charge in [0.25, 0.3) is 0 Å². The first-order valence-electron chi connectivity index (χ1n) is 5.03. The van der Waals surface area contributed by atoms with Gasteiger partial charge >= 0.3 is 6.18 Å². The molecule has 0 amide bonds. The fourth-order valence-electron chi connectivity index (χ4n) is 1.11. The van der Waals surface area contributed by atoms with Gasteiger partial charge in [-0.05, 0) is 18.2 Å². The molecule has 0 aromatic heterocycles. The summed E-state index contributed by atoms with van der Waals surface area (Å²) >= 11 is 3.16. The first-order valence-corrected chi connectivity index (χ1v) is 5.82. The number of rotatable bonds is 6. The second kappa shape index (κ2) is 6.84. The molecule has 0 saturated carbocycles. The molecular formula is C11H12BrF3O3. The van der Waals surface area contributed by atoms with Gasteiger partial charge in [-0.25, -0.2) is 0 Å². The summed E-state index contributed by atoms with van der Waals surface area (Å²) in [5.74, 6) is 0.289. The van der Waals surface area contributed by atoms with Crippen LogP contribution < -0.4 is 9.47 Å². The van der Waals surface area contributed by atoms with Crippen molar-refractivity contribution in [3.8, 4) is 11.5 Å². The average molecular weight is 329 g/mol.